The molecule has 7 nitrogen and oxygen atoms in total. The Hall–Kier alpha value is -2.48. The number of halogens is 1. The van der Waals surface area contributed by atoms with Gasteiger partial charge in [-0.3, -0.25) is 14.5 Å². The largest absolute Gasteiger partial charge is 0.444 e. The lowest BCUT2D eigenvalue weighted by Gasteiger charge is -2.36. The molecule has 2 saturated heterocycles. The first-order chi connectivity index (χ1) is 17.5. The number of primary amides is 1. The molecule has 2 bridgehead atoms. The first-order valence-electron chi connectivity index (χ1n) is 13.8. The monoisotopic (exact) mass is 515 g/mol. The Morgan fingerprint density at radius 3 is 2.43 bits per heavy atom. The number of ketones is 1. The van der Waals surface area contributed by atoms with Gasteiger partial charge in [0.25, 0.3) is 0 Å². The average Bonchev–Trinajstić information content (AvgIpc) is 3.45. The van der Waals surface area contributed by atoms with E-state index in [1.54, 1.807) is 37.8 Å². The number of fused-ring (bicyclic) bond motifs is 2. The van der Waals surface area contributed by atoms with Gasteiger partial charge in [0.1, 0.15) is 11.4 Å². The third-order valence-corrected chi connectivity index (χ3v) is 8.42. The van der Waals surface area contributed by atoms with Crippen molar-refractivity contribution in [2.45, 2.75) is 96.2 Å². The fourth-order valence-corrected chi connectivity index (χ4v) is 6.45. The molecule has 2 heterocycles. The van der Waals surface area contributed by atoms with E-state index in [1.165, 1.54) is 0 Å². The van der Waals surface area contributed by atoms with E-state index < -0.39 is 29.6 Å². The Balaban J connectivity index is 1.43. The van der Waals surface area contributed by atoms with Crippen LogP contribution in [0.2, 0.25) is 0 Å². The molecule has 204 valence electrons. The van der Waals surface area contributed by atoms with Crippen LogP contribution in [0, 0.1) is 17.7 Å². The molecular formula is C29H42FN3O4. The maximum absolute atomic E-state index is 15.1. The zero-order chi connectivity index (χ0) is 26.9. The van der Waals surface area contributed by atoms with Crippen LogP contribution in [-0.2, 0) is 20.7 Å². The smallest absolute Gasteiger partial charge is 0.411 e. The summed E-state index contributed by atoms with van der Waals surface area (Å²) in [7, 11) is 0. The number of nitrogens with zero attached hydrogens (tertiary/aromatic N) is 2. The summed E-state index contributed by atoms with van der Waals surface area (Å²) in [6, 6.07) is 4.64. The number of piperidine rings is 2. The molecule has 0 spiro atoms. The highest BCUT2D eigenvalue weighted by Gasteiger charge is 2.52. The molecule has 3 aliphatic rings. The SMILES string of the molecule is CCN1CCC(c2ccc(C[C@H](CC(=O)[C@@H]3[C@H]4CC[C@H](C4)N3C(=O)OC(C)(C)C)C(N)=O)c(F)c2)CC1. The van der Waals surface area contributed by atoms with Crippen molar-refractivity contribution in [1.29, 1.82) is 0 Å². The molecule has 4 rings (SSSR count). The van der Waals surface area contributed by atoms with Crippen molar-refractivity contribution in [3.8, 4) is 0 Å². The van der Waals surface area contributed by atoms with Crippen LogP contribution in [0.3, 0.4) is 0 Å². The summed E-state index contributed by atoms with van der Waals surface area (Å²) in [6.45, 7) is 10.6. The molecule has 2 N–H and O–H groups in total. The number of ether oxygens (including phenoxy) is 1. The standard InChI is InChI=1S/C29H42FN3O4/c1-5-32-12-10-18(11-13-32)19-6-7-20(24(30)16-19)14-22(27(31)35)17-25(34)26-21-8-9-23(15-21)33(26)28(36)37-29(2,3)4/h6-7,16,18,21-23,26H,5,8-15,17H2,1-4H3,(H2,31,35)/t21-,22+,23+,26-/m0/s1. The van der Waals surface area contributed by atoms with Crippen molar-refractivity contribution in [2.75, 3.05) is 19.6 Å². The number of carbonyl (C=O) groups is 3. The number of carbonyl (C=O) groups excluding carboxylic acids is 3. The van der Waals surface area contributed by atoms with Crippen LogP contribution in [0.25, 0.3) is 0 Å². The fraction of sp³-hybridized carbons (Fsp3) is 0.690. The highest BCUT2D eigenvalue weighted by molar-refractivity contribution is 5.92. The Bertz CT molecular complexity index is 1010. The van der Waals surface area contributed by atoms with E-state index in [9.17, 15) is 14.4 Å². The Kier molecular flexibility index (Phi) is 8.26. The van der Waals surface area contributed by atoms with Gasteiger partial charge < -0.3 is 15.4 Å². The van der Waals surface area contributed by atoms with Crippen LogP contribution in [0.5, 0.6) is 0 Å². The van der Waals surface area contributed by atoms with Gasteiger partial charge in [-0.2, -0.15) is 0 Å². The minimum Gasteiger partial charge on any atom is -0.444 e. The summed E-state index contributed by atoms with van der Waals surface area (Å²) in [5.74, 6) is -1.62. The van der Waals surface area contributed by atoms with Gasteiger partial charge in [0.2, 0.25) is 5.91 Å². The minimum absolute atomic E-state index is 0.0185. The van der Waals surface area contributed by atoms with Gasteiger partial charge in [0, 0.05) is 18.4 Å². The third-order valence-electron chi connectivity index (χ3n) is 8.42. The predicted octanol–water partition coefficient (Wildman–Crippen LogP) is 4.42. The van der Waals surface area contributed by atoms with Gasteiger partial charge in [-0.05, 0) is 108 Å². The summed E-state index contributed by atoms with van der Waals surface area (Å²) in [5, 5.41) is 0. The number of rotatable bonds is 8. The Morgan fingerprint density at radius 2 is 1.84 bits per heavy atom. The van der Waals surface area contributed by atoms with E-state index in [-0.39, 0.29) is 36.4 Å². The van der Waals surface area contributed by atoms with E-state index in [4.69, 9.17) is 10.5 Å². The molecule has 1 aromatic carbocycles. The summed E-state index contributed by atoms with van der Waals surface area (Å²) in [5.41, 5.74) is 6.39. The molecule has 2 amide bonds. The number of nitrogens with two attached hydrogens (primary N) is 1. The first kappa shape index (κ1) is 27.6. The maximum atomic E-state index is 15.1. The number of amides is 2. The van der Waals surface area contributed by atoms with Gasteiger partial charge in [-0.15, -0.1) is 0 Å². The molecular weight excluding hydrogens is 473 g/mol. The highest BCUT2D eigenvalue weighted by Crippen LogP contribution is 2.44. The lowest BCUT2D eigenvalue weighted by molar-refractivity contribution is -0.131. The van der Waals surface area contributed by atoms with E-state index >= 15 is 4.39 Å². The number of hydrogen-bond acceptors (Lipinski definition) is 5. The lowest BCUT2D eigenvalue weighted by Crippen LogP contribution is -2.51. The molecule has 3 fully saturated rings. The molecule has 1 aromatic rings. The second-order valence-electron chi connectivity index (χ2n) is 12.1. The van der Waals surface area contributed by atoms with E-state index in [2.05, 4.69) is 11.8 Å². The van der Waals surface area contributed by atoms with Gasteiger partial charge in [0.15, 0.2) is 5.78 Å². The molecule has 37 heavy (non-hydrogen) atoms. The van der Waals surface area contributed by atoms with E-state index in [0.717, 1.165) is 57.3 Å². The third kappa shape index (κ3) is 6.33. The van der Waals surface area contributed by atoms with Crippen molar-refractivity contribution in [2.24, 2.45) is 17.6 Å². The number of hydrogen-bond donors (Lipinski definition) is 1. The first-order valence-corrected chi connectivity index (χ1v) is 13.8. The predicted molar refractivity (Wildman–Crippen MR) is 139 cm³/mol. The molecule has 1 aliphatic carbocycles. The molecule has 0 radical (unpaired) electrons. The Labute approximate surface area is 219 Å². The quantitative estimate of drug-likeness (QED) is 0.553. The van der Waals surface area contributed by atoms with Crippen LogP contribution < -0.4 is 5.73 Å². The summed E-state index contributed by atoms with van der Waals surface area (Å²) < 4.78 is 20.7. The van der Waals surface area contributed by atoms with Gasteiger partial charge in [-0.25, -0.2) is 9.18 Å². The number of Topliss-reactive ketones (excluding diaryl/α,β-unsaturated/α-hetero) is 1. The van der Waals surface area contributed by atoms with Crippen molar-refractivity contribution < 1.29 is 23.5 Å². The van der Waals surface area contributed by atoms with Crippen molar-refractivity contribution >= 4 is 17.8 Å². The zero-order valence-corrected chi connectivity index (χ0v) is 22.7. The van der Waals surface area contributed by atoms with Crippen LogP contribution in [0.1, 0.15) is 83.3 Å². The van der Waals surface area contributed by atoms with Crippen LogP contribution in [0.15, 0.2) is 18.2 Å². The second kappa shape index (κ2) is 11.1. The van der Waals surface area contributed by atoms with E-state index in [1.807, 2.05) is 6.07 Å². The number of likely N-dealkylation sites (tertiary alicyclic amines) is 2. The van der Waals surface area contributed by atoms with Crippen molar-refractivity contribution in [3.63, 3.8) is 0 Å². The molecule has 0 unspecified atom stereocenters. The van der Waals surface area contributed by atoms with Crippen molar-refractivity contribution in [1.82, 2.24) is 9.80 Å². The van der Waals surface area contributed by atoms with Crippen molar-refractivity contribution in [3.05, 3.63) is 35.1 Å². The van der Waals surface area contributed by atoms with Crippen LogP contribution in [0.4, 0.5) is 9.18 Å². The summed E-state index contributed by atoms with van der Waals surface area (Å²) in [4.78, 5) is 42.7. The molecule has 2 aliphatic heterocycles. The lowest BCUT2D eigenvalue weighted by atomic mass is 9.85. The van der Waals surface area contributed by atoms with Crippen LogP contribution in [-0.4, -0.2) is 64.9 Å². The molecule has 1 saturated carbocycles. The fourth-order valence-electron chi connectivity index (χ4n) is 6.45. The summed E-state index contributed by atoms with van der Waals surface area (Å²) >= 11 is 0. The topological polar surface area (TPSA) is 92.9 Å². The molecule has 8 heteroatoms. The van der Waals surface area contributed by atoms with Gasteiger partial charge in [-0.1, -0.05) is 19.1 Å². The normalized spacial score (nSPS) is 25.3. The van der Waals surface area contributed by atoms with E-state index in [0.29, 0.717) is 11.5 Å². The Morgan fingerprint density at radius 1 is 1.14 bits per heavy atom. The molecule has 4 atom stereocenters. The maximum Gasteiger partial charge on any atom is 0.411 e. The second-order valence-corrected chi connectivity index (χ2v) is 12.1. The molecule has 0 aromatic heterocycles. The minimum atomic E-state index is -0.833. The van der Waals surface area contributed by atoms with Gasteiger partial charge >= 0.3 is 6.09 Å². The highest BCUT2D eigenvalue weighted by atomic mass is 19.1. The average molecular weight is 516 g/mol. The number of benzene rings is 1. The van der Waals surface area contributed by atoms with Gasteiger partial charge in [0.05, 0.1) is 6.04 Å². The zero-order valence-electron chi connectivity index (χ0n) is 22.7. The van der Waals surface area contributed by atoms with Crippen LogP contribution >= 0.6 is 0 Å². The summed E-state index contributed by atoms with van der Waals surface area (Å²) in [6.07, 6.45) is 3.96.